The molecule has 0 saturated heterocycles. The number of rotatable bonds is 30. The molecule has 0 spiro atoms. The second-order valence-electron chi connectivity index (χ2n) is 13.4. The Hall–Kier alpha value is -1.56. The van der Waals surface area contributed by atoms with E-state index < -0.39 is 0 Å². The first-order valence-electron chi connectivity index (χ1n) is 19.6. The van der Waals surface area contributed by atoms with Gasteiger partial charge in [-0.3, -0.25) is 9.98 Å². The zero-order chi connectivity index (χ0) is 31.9. The van der Waals surface area contributed by atoms with Gasteiger partial charge in [0.05, 0.1) is 22.8 Å². The van der Waals surface area contributed by atoms with Gasteiger partial charge in [0, 0.05) is 20.4 Å². The Labute approximate surface area is 299 Å². The Kier molecular flexibility index (Phi) is 29.6. The summed E-state index contributed by atoms with van der Waals surface area (Å²) in [5.74, 6) is 0. The van der Waals surface area contributed by atoms with Crippen LogP contribution >= 0.6 is 0 Å². The fraction of sp³-hybridized carbons (Fsp3) is 0.674. The normalized spacial score (nSPS) is 12.0. The Morgan fingerprint density at radius 1 is 0.348 bits per heavy atom. The second kappa shape index (κ2) is 32.0. The zero-order valence-electron chi connectivity index (χ0n) is 30.1. The fourth-order valence-corrected chi connectivity index (χ4v) is 6.29. The monoisotopic (exact) mass is 720 g/mol. The molecule has 0 aliphatic carbocycles. The maximum atomic E-state index is 5.19. The molecule has 0 fully saturated rings. The van der Waals surface area contributed by atoms with E-state index in [2.05, 4.69) is 74.5 Å². The standard InChI is InChI=1S/C43H70N2.Pd/c1-3-5-7-9-11-12-13-14-15-16-17-18-19-20-21-22-23-25-33-39-43(45-41-36-30-27-31-37-41)42(38-32-24-10-8-6-4-2)44-40-34-28-26-29-35-40;/h26-31,34-37H,3-25,32-33,38-39H2,1-2H3;/b44-42+,45-43+;. The Balaban J connectivity index is 0.0000106. The van der Waals surface area contributed by atoms with Crippen molar-refractivity contribution in [2.45, 2.75) is 187 Å². The number of hydrogen-bond donors (Lipinski definition) is 0. The van der Waals surface area contributed by atoms with Crippen molar-refractivity contribution >= 4 is 22.8 Å². The molecule has 2 nitrogen and oxygen atoms in total. The maximum Gasteiger partial charge on any atom is 0.0633 e. The summed E-state index contributed by atoms with van der Waals surface area (Å²) in [6.45, 7) is 4.59. The van der Waals surface area contributed by atoms with E-state index in [1.807, 2.05) is 0 Å². The molecular weight excluding hydrogens is 651 g/mol. The summed E-state index contributed by atoms with van der Waals surface area (Å²) in [5, 5.41) is 0. The fourth-order valence-electron chi connectivity index (χ4n) is 6.29. The third-order valence-electron chi connectivity index (χ3n) is 9.16. The molecule has 0 unspecified atom stereocenters. The number of para-hydroxylation sites is 2. The van der Waals surface area contributed by atoms with Gasteiger partial charge in [-0.2, -0.15) is 0 Å². The summed E-state index contributed by atoms with van der Waals surface area (Å²) in [4.78, 5) is 10.4. The van der Waals surface area contributed by atoms with Crippen LogP contribution in [0.4, 0.5) is 11.4 Å². The number of aliphatic imine (C=N–C) groups is 2. The molecule has 3 heteroatoms. The molecule has 0 N–H and O–H groups in total. The quantitative estimate of drug-likeness (QED) is 0.0436. The first-order chi connectivity index (χ1) is 22.3. The molecule has 0 radical (unpaired) electrons. The number of hydrogen-bond acceptors (Lipinski definition) is 2. The van der Waals surface area contributed by atoms with E-state index in [0.717, 1.165) is 24.2 Å². The van der Waals surface area contributed by atoms with Crippen LogP contribution in [0.25, 0.3) is 0 Å². The van der Waals surface area contributed by atoms with Gasteiger partial charge in [0.1, 0.15) is 0 Å². The van der Waals surface area contributed by atoms with Crippen LogP contribution in [0, 0.1) is 0 Å². The summed E-state index contributed by atoms with van der Waals surface area (Å²) in [7, 11) is 0. The molecule has 46 heavy (non-hydrogen) atoms. The van der Waals surface area contributed by atoms with Crippen LogP contribution in [0.5, 0.6) is 0 Å². The molecule has 0 amide bonds. The SMILES string of the molecule is CCCCCCCCCCCCCCCCCCCCCC(=N\c1ccccc1)/C(CCCCCCCC)=N/c1ccccc1.[Pd]. The molecule has 0 aromatic heterocycles. The molecule has 0 saturated carbocycles. The molecule has 0 atom stereocenters. The minimum absolute atomic E-state index is 0. The summed E-state index contributed by atoms with van der Waals surface area (Å²) in [6, 6.07) is 21.0. The molecule has 2 rings (SSSR count). The predicted octanol–water partition coefficient (Wildman–Crippen LogP) is 15.1. The van der Waals surface area contributed by atoms with Gasteiger partial charge in [-0.25, -0.2) is 0 Å². The van der Waals surface area contributed by atoms with Gasteiger partial charge in [0.25, 0.3) is 0 Å². The van der Waals surface area contributed by atoms with Gasteiger partial charge in [-0.15, -0.1) is 0 Å². The third-order valence-corrected chi connectivity index (χ3v) is 9.16. The zero-order valence-corrected chi connectivity index (χ0v) is 31.6. The average molecular weight is 721 g/mol. The van der Waals surface area contributed by atoms with Crippen LogP contribution in [-0.2, 0) is 20.4 Å². The largest absolute Gasteiger partial charge is 0.252 e. The van der Waals surface area contributed by atoms with E-state index in [0.29, 0.717) is 0 Å². The number of nitrogens with zero attached hydrogens (tertiary/aromatic N) is 2. The predicted molar refractivity (Wildman–Crippen MR) is 203 cm³/mol. The Morgan fingerprint density at radius 3 is 0.848 bits per heavy atom. The number of unbranched alkanes of at least 4 members (excludes halogenated alkanes) is 23. The maximum absolute atomic E-state index is 5.19. The van der Waals surface area contributed by atoms with E-state index >= 15 is 0 Å². The summed E-state index contributed by atoms with van der Waals surface area (Å²) in [5.41, 5.74) is 4.50. The Bertz CT molecular complexity index is 969. The molecule has 0 aliphatic rings. The van der Waals surface area contributed by atoms with Gasteiger partial charge < -0.3 is 0 Å². The molecular formula is C43H70N2Pd. The van der Waals surface area contributed by atoms with E-state index in [4.69, 9.17) is 9.98 Å². The van der Waals surface area contributed by atoms with Crippen molar-refractivity contribution in [2.75, 3.05) is 0 Å². The van der Waals surface area contributed by atoms with Gasteiger partial charge in [0.2, 0.25) is 0 Å². The minimum Gasteiger partial charge on any atom is -0.252 e. The third kappa shape index (κ3) is 23.7. The van der Waals surface area contributed by atoms with Gasteiger partial charge in [0.15, 0.2) is 0 Å². The molecule has 2 aromatic rings. The van der Waals surface area contributed by atoms with Crippen LogP contribution in [0.3, 0.4) is 0 Å². The van der Waals surface area contributed by atoms with Gasteiger partial charge in [-0.05, 0) is 49.9 Å². The molecule has 2 aromatic carbocycles. The minimum atomic E-state index is 0. The summed E-state index contributed by atoms with van der Waals surface area (Å²) >= 11 is 0. The summed E-state index contributed by atoms with van der Waals surface area (Å²) in [6.07, 6.45) is 36.7. The van der Waals surface area contributed by atoms with E-state index in [1.54, 1.807) is 0 Å². The molecule has 262 valence electrons. The smallest absolute Gasteiger partial charge is 0.0633 e. The van der Waals surface area contributed by atoms with Gasteiger partial charge in [-0.1, -0.05) is 198 Å². The van der Waals surface area contributed by atoms with Crippen LogP contribution in [0.15, 0.2) is 70.6 Å². The van der Waals surface area contributed by atoms with Crippen molar-refractivity contribution in [1.82, 2.24) is 0 Å². The topological polar surface area (TPSA) is 24.7 Å². The van der Waals surface area contributed by atoms with Crippen LogP contribution in [0.2, 0.25) is 0 Å². The van der Waals surface area contributed by atoms with Crippen molar-refractivity contribution in [3.63, 3.8) is 0 Å². The molecule has 0 bridgehead atoms. The molecule has 0 heterocycles. The second-order valence-corrected chi connectivity index (χ2v) is 13.4. The average Bonchev–Trinajstić information content (AvgIpc) is 3.07. The van der Waals surface area contributed by atoms with Crippen molar-refractivity contribution in [3.05, 3.63) is 60.7 Å². The summed E-state index contributed by atoms with van der Waals surface area (Å²) < 4.78 is 0. The van der Waals surface area contributed by atoms with Gasteiger partial charge >= 0.3 is 0 Å². The van der Waals surface area contributed by atoms with Crippen molar-refractivity contribution in [2.24, 2.45) is 9.98 Å². The van der Waals surface area contributed by atoms with Crippen LogP contribution in [-0.4, -0.2) is 11.4 Å². The van der Waals surface area contributed by atoms with E-state index in [9.17, 15) is 0 Å². The Morgan fingerprint density at radius 2 is 0.587 bits per heavy atom. The van der Waals surface area contributed by atoms with Crippen molar-refractivity contribution in [1.29, 1.82) is 0 Å². The first-order valence-corrected chi connectivity index (χ1v) is 19.6. The van der Waals surface area contributed by atoms with Crippen molar-refractivity contribution < 1.29 is 20.4 Å². The molecule has 0 aliphatic heterocycles. The van der Waals surface area contributed by atoms with E-state index in [1.165, 1.54) is 172 Å². The van der Waals surface area contributed by atoms with Crippen LogP contribution < -0.4 is 0 Å². The van der Waals surface area contributed by atoms with E-state index in [-0.39, 0.29) is 20.4 Å². The van der Waals surface area contributed by atoms with Crippen molar-refractivity contribution in [3.8, 4) is 0 Å². The van der Waals surface area contributed by atoms with Crippen LogP contribution in [0.1, 0.15) is 187 Å². The number of benzene rings is 2. The first kappa shape index (κ1) is 42.5.